The van der Waals surface area contributed by atoms with Crippen molar-refractivity contribution < 1.29 is 9.59 Å². The van der Waals surface area contributed by atoms with Gasteiger partial charge in [-0.15, -0.1) is 0 Å². The van der Waals surface area contributed by atoms with Gasteiger partial charge in [0.15, 0.2) is 0 Å². The van der Waals surface area contributed by atoms with Gasteiger partial charge in [-0.3, -0.25) is 14.3 Å². The Labute approximate surface area is 128 Å². The SMILES string of the molecule is CC1CCC(C)(C)CN(C=O)C1.CCNC(=O)CNS. The molecule has 0 aromatic rings. The molecule has 0 aliphatic carbocycles. The number of nitrogens with one attached hydrogen (secondary N) is 2. The van der Waals surface area contributed by atoms with E-state index in [1.807, 2.05) is 11.8 Å². The molecule has 0 aromatic carbocycles. The molecular formula is C14H29N3O2S. The molecule has 0 aromatic heterocycles. The quantitative estimate of drug-likeness (QED) is 0.544. The summed E-state index contributed by atoms with van der Waals surface area (Å²) in [5.74, 6) is 0.638. The van der Waals surface area contributed by atoms with E-state index in [9.17, 15) is 9.59 Å². The lowest BCUT2D eigenvalue weighted by Gasteiger charge is -2.26. The minimum atomic E-state index is -0.0255. The first-order chi connectivity index (χ1) is 9.34. The highest BCUT2D eigenvalue weighted by Gasteiger charge is 2.26. The zero-order chi connectivity index (χ0) is 15.6. The molecule has 1 aliphatic heterocycles. The molecule has 5 nitrogen and oxygen atoms in total. The van der Waals surface area contributed by atoms with Crippen LogP contribution in [0.15, 0.2) is 0 Å². The van der Waals surface area contributed by atoms with E-state index in [0.717, 1.165) is 19.5 Å². The summed E-state index contributed by atoms with van der Waals surface area (Å²) in [5.41, 5.74) is 0.311. The molecule has 0 saturated carbocycles. The lowest BCUT2D eigenvalue weighted by Crippen LogP contribution is -2.32. The fraction of sp³-hybridized carbons (Fsp3) is 0.857. The van der Waals surface area contributed by atoms with E-state index in [1.54, 1.807) is 0 Å². The summed E-state index contributed by atoms with van der Waals surface area (Å²) < 4.78 is 2.43. The van der Waals surface area contributed by atoms with Crippen LogP contribution in [0.5, 0.6) is 0 Å². The number of carbonyl (C=O) groups is 2. The Kier molecular flexibility index (Phi) is 9.67. The van der Waals surface area contributed by atoms with Gasteiger partial charge in [-0.2, -0.15) is 0 Å². The van der Waals surface area contributed by atoms with E-state index in [2.05, 4.69) is 43.6 Å². The Balaban J connectivity index is 0.000000396. The third-order valence-corrected chi connectivity index (χ3v) is 3.41. The standard InChI is InChI=1S/C10H19NO.C4H10N2OS/c1-9-4-5-10(2,3)7-11(6-9)8-12;1-2-5-4(7)3-6-8/h8-9H,4-7H2,1-3H3;6,8H,2-3H2,1H3,(H,5,7). The highest BCUT2D eigenvalue weighted by Crippen LogP contribution is 2.29. The van der Waals surface area contributed by atoms with Gasteiger partial charge in [-0.05, 0) is 31.1 Å². The molecule has 1 heterocycles. The molecular weight excluding hydrogens is 274 g/mol. The molecule has 1 rings (SSSR count). The molecule has 1 unspecified atom stereocenters. The Morgan fingerprint density at radius 3 is 2.65 bits per heavy atom. The van der Waals surface area contributed by atoms with Gasteiger partial charge in [-0.1, -0.05) is 33.6 Å². The molecule has 0 spiro atoms. The van der Waals surface area contributed by atoms with Crippen LogP contribution < -0.4 is 10.0 Å². The number of hydrogen-bond donors (Lipinski definition) is 3. The fourth-order valence-corrected chi connectivity index (χ4v) is 2.38. The van der Waals surface area contributed by atoms with Crippen LogP contribution in [0.2, 0.25) is 0 Å². The average molecular weight is 303 g/mol. The monoisotopic (exact) mass is 303 g/mol. The Morgan fingerprint density at radius 2 is 2.15 bits per heavy atom. The van der Waals surface area contributed by atoms with E-state index >= 15 is 0 Å². The summed E-state index contributed by atoms with van der Waals surface area (Å²) in [6.07, 6.45) is 3.47. The van der Waals surface area contributed by atoms with E-state index in [0.29, 0.717) is 17.9 Å². The lowest BCUT2D eigenvalue weighted by molar-refractivity contribution is -0.120. The summed E-state index contributed by atoms with van der Waals surface area (Å²) in [4.78, 5) is 23.0. The van der Waals surface area contributed by atoms with Gasteiger partial charge >= 0.3 is 0 Å². The van der Waals surface area contributed by atoms with E-state index in [1.165, 1.54) is 12.8 Å². The van der Waals surface area contributed by atoms with Crippen LogP contribution in [0.3, 0.4) is 0 Å². The predicted molar refractivity (Wildman–Crippen MR) is 85.5 cm³/mol. The number of carbonyl (C=O) groups excluding carboxylic acids is 2. The van der Waals surface area contributed by atoms with Crippen molar-refractivity contribution in [2.24, 2.45) is 11.3 Å². The van der Waals surface area contributed by atoms with Gasteiger partial charge in [0.25, 0.3) is 0 Å². The smallest absolute Gasteiger partial charge is 0.234 e. The molecule has 1 aliphatic rings. The lowest BCUT2D eigenvalue weighted by atomic mass is 9.87. The van der Waals surface area contributed by atoms with Crippen molar-refractivity contribution in [1.82, 2.24) is 14.9 Å². The molecule has 0 radical (unpaired) electrons. The molecule has 118 valence electrons. The third kappa shape index (κ3) is 9.20. The Hall–Kier alpha value is -0.750. The van der Waals surface area contributed by atoms with Gasteiger partial charge in [-0.25, -0.2) is 0 Å². The average Bonchev–Trinajstić information content (AvgIpc) is 2.49. The highest BCUT2D eigenvalue weighted by molar-refractivity contribution is 7.78. The van der Waals surface area contributed by atoms with Gasteiger partial charge in [0, 0.05) is 19.6 Å². The Bertz CT molecular complexity index is 290. The number of rotatable bonds is 4. The maximum atomic E-state index is 10.7. The zero-order valence-electron chi connectivity index (χ0n) is 13.1. The molecule has 0 bridgehead atoms. The molecule has 1 saturated heterocycles. The van der Waals surface area contributed by atoms with Crippen molar-refractivity contribution in [1.29, 1.82) is 0 Å². The predicted octanol–water partition coefficient (Wildman–Crippen LogP) is 1.46. The largest absolute Gasteiger partial charge is 0.355 e. The van der Waals surface area contributed by atoms with Crippen molar-refractivity contribution >= 4 is 25.1 Å². The number of likely N-dealkylation sites (tertiary alicyclic amines) is 1. The summed E-state index contributed by atoms with van der Waals surface area (Å²) in [5, 5.41) is 2.60. The minimum absolute atomic E-state index is 0.0255. The van der Waals surface area contributed by atoms with E-state index < -0.39 is 0 Å². The normalized spacial score (nSPS) is 21.2. The van der Waals surface area contributed by atoms with Crippen LogP contribution in [0.4, 0.5) is 0 Å². The maximum absolute atomic E-state index is 10.7. The molecule has 6 heteroatoms. The second kappa shape index (κ2) is 10.0. The van der Waals surface area contributed by atoms with Crippen LogP contribution in [0.1, 0.15) is 40.5 Å². The van der Waals surface area contributed by atoms with Crippen molar-refractivity contribution in [3.63, 3.8) is 0 Å². The number of likely N-dealkylation sites (N-methyl/N-ethyl adjacent to an activating group) is 1. The third-order valence-electron chi connectivity index (χ3n) is 3.25. The van der Waals surface area contributed by atoms with E-state index in [-0.39, 0.29) is 12.5 Å². The number of nitrogens with zero attached hydrogens (tertiary/aromatic N) is 1. The number of hydrogen-bond acceptors (Lipinski definition) is 4. The summed E-state index contributed by atoms with van der Waals surface area (Å²) >= 11 is 3.64. The van der Waals surface area contributed by atoms with Crippen molar-refractivity contribution in [3.05, 3.63) is 0 Å². The van der Waals surface area contributed by atoms with Crippen molar-refractivity contribution in [2.75, 3.05) is 26.2 Å². The Morgan fingerprint density at radius 1 is 1.50 bits per heavy atom. The van der Waals surface area contributed by atoms with Crippen LogP contribution in [-0.4, -0.2) is 43.4 Å². The van der Waals surface area contributed by atoms with E-state index in [4.69, 9.17) is 0 Å². The van der Waals surface area contributed by atoms with Crippen LogP contribution in [0, 0.1) is 11.3 Å². The molecule has 20 heavy (non-hydrogen) atoms. The maximum Gasteiger partial charge on any atom is 0.234 e. The molecule has 2 N–H and O–H groups in total. The first-order valence-corrected chi connectivity index (χ1v) is 7.62. The molecule has 1 atom stereocenters. The highest BCUT2D eigenvalue weighted by atomic mass is 32.1. The fourth-order valence-electron chi connectivity index (χ4n) is 2.23. The van der Waals surface area contributed by atoms with Crippen LogP contribution in [-0.2, 0) is 9.59 Å². The van der Waals surface area contributed by atoms with Gasteiger partial charge in [0.05, 0.1) is 6.54 Å². The van der Waals surface area contributed by atoms with Crippen LogP contribution >= 0.6 is 12.8 Å². The van der Waals surface area contributed by atoms with Gasteiger partial charge in [0.1, 0.15) is 0 Å². The number of thiol groups is 1. The number of amides is 2. The van der Waals surface area contributed by atoms with Gasteiger partial charge < -0.3 is 10.2 Å². The first kappa shape index (κ1) is 19.2. The first-order valence-electron chi connectivity index (χ1n) is 7.17. The van der Waals surface area contributed by atoms with Gasteiger partial charge in [0.2, 0.25) is 12.3 Å². The summed E-state index contributed by atoms with van der Waals surface area (Å²) in [6, 6.07) is 0. The minimum Gasteiger partial charge on any atom is -0.355 e. The second-order valence-electron chi connectivity index (χ2n) is 6.13. The zero-order valence-corrected chi connectivity index (χ0v) is 14.0. The molecule has 2 amide bonds. The van der Waals surface area contributed by atoms with Crippen molar-refractivity contribution in [3.8, 4) is 0 Å². The summed E-state index contributed by atoms with van der Waals surface area (Å²) in [7, 11) is 0. The second-order valence-corrected chi connectivity index (χ2v) is 6.45. The molecule has 1 fully saturated rings. The van der Waals surface area contributed by atoms with Crippen molar-refractivity contribution in [2.45, 2.75) is 40.5 Å². The summed E-state index contributed by atoms with van der Waals surface area (Å²) in [6.45, 7) is 11.4. The van der Waals surface area contributed by atoms with Crippen LogP contribution in [0.25, 0.3) is 0 Å². The topological polar surface area (TPSA) is 61.4 Å².